The van der Waals surface area contributed by atoms with Crippen molar-refractivity contribution in [3.8, 4) is 5.75 Å². The number of fused-ring (bicyclic) bond motifs is 1. The predicted molar refractivity (Wildman–Crippen MR) is 162 cm³/mol. The maximum atomic E-state index is 13.2. The average molecular weight is 620 g/mol. The first-order valence-corrected chi connectivity index (χ1v) is 13.6. The lowest BCUT2D eigenvalue weighted by Crippen LogP contribution is -2.34. The number of hydrogen-bond donors (Lipinski definition) is 4. The van der Waals surface area contributed by atoms with E-state index in [2.05, 4.69) is 20.9 Å². The van der Waals surface area contributed by atoms with Gasteiger partial charge in [0.25, 0.3) is 12.3 Å². The maximum absolute atomic E-state index is 13.2. The largest absolute Gasteiger partial charge is 0.487 e. The van der Waals surface area contributed by atoms with Gasteiger partial charge in [-0.15, -0.1) is 0 Å². The molecule has 0 bridgehead atoms. The Balaban J connectivity index is 1.68. The number of nitrogens with zero attached hydrogens (tertiary/aromatic N) is 2. The molecule has 13 heteroatoms. The molecule has 3 aromatic carbocycles. The van der Waals surface area contributed by atoms with Crippen molar-refractivity contribution in [2.75, 3.05) is 23.0 Å². The molecule has 42 heavy (non-hydrogen) atoms. The second-order valence-electron chi connectivity index (χ2n) is 10.6. The fourth-order valence-corrected chi connectivity index (χ4v) is 4.53. The number of alkyl halides is 2. The number of aryl methyl sites for hydroxylation is 1. The van der Waals surface area contributed by atoms with Crippen LogP contribution >= 0.6 is 23.2 Å². The highest BCUT2D eigenvalue weighted by Crippen LogP contribution is 2.37. The van der Waals surface area contributed by atoms with Gasteiger partial charge in [0.2, 0.25) is 11.9 Å². The average Bonchev–Trinajstić information content (AvgIpc) is 3.22. The highest BCUT2D eigenvalue weighted by Gasteiger charge is 2.23. The van der Waals surface area contributed by atoms with Crippen LogP contribution in [0.15, 0.2) is 48.5 Å². The van der Waals surface area contributed by atoms with Crippen LogP contribution in [-0.4, -0.2) is 34.4 Å². The van der Waals surface area contributed by atoms with Gasteiger partial charge in [0, 0.05) is 36.4 Å². The van der Waals surface area contributed by atoms with E-state index in [9.17, 15) is 18.4 Å². The highest BCUT2D eigenvalue weighted by atomic mass is 35.5. The Morgan fingerprint density at radius 2 is 1.86 bits per heavy atom. The third-order valence-corrected chi connectivity index (χ3v) is 7.01. The van der Waals surface area contributed by atoms with Crippen LogP contribution in [0.5, 0.6) is 5.75 Å². The fraction of sp³-hybridized carbons (Fsp3) is 0.276. The van der Waals surface area contributed by atoms with Gasteiger partial charge in [-0.05, 0) is 35.9 Å². The quantitative estimate of drug-likeness (QED) is 0.154. The summed E-state index contributed by atoms with van der Waals surface area (Å²) in [5.41, 5.74) is 7.94. The zero-order chi connectivity index (χ0) is 30.8. The number of nitrogen functional groups attached to an aromatic ring is 1. The number of amides is 2. The van der Waals surface area contributed by atoms with Crippen LogP contribution in [0.1, 0.15) is 36.7 Å². The molecule has 0 saturated heterocycles. The van der Waals surface area contributed by atoms with Crippen molar-refractivity contribution in [2.24, 2.45) is 12.5 Å². The van der Waals surface area contributed by atoms with Gasteiger partial charge in [0.1, 0.15) is 12.4 Å². The van der Waals surface area contributed by atoms with Crippen molar-refractivity contribution in [3.05, 3.63) is 69.7 Å². The standard InChI is InChI=1S/C29H30Cl2F2N6O3/c1-29(2,3)27(41)35-13-15-8-9-19(30)25(24(15)31)38-28-37-20-11-18(26(40)36-17-7-5-6-16(34)10-17)22(42-14-23(32)33)12-21(20)39(28)4/h5-12,23H,13-14,34H2,1-4H3,(H,35,41)(H,36,40)(H,37,38). The lowest BCUT2D eigenvalue weighted by molar-refractivity contribution is -0.128. The second-order valence-corrected chi connectivity index (χ2v) is 11.4. The Morgan fingerprint density at radius 1 is 1.12 bits per heavy atom. The van der Waals surface area contributed by atoms with E-state index in [4.69, 9.17) is 33.7 Å². The Hall–Kier alpha value is -4.09. The zero-order valence-corrected chi connectivity index (χ0v) is 24.8. The molecule has 9 nitrogen and oxygen atoms in total. The monoisotopic (exact) mass is 618 g/mol. The van der Waals surface area contributed by atoms with Crippen LogP contribution in [0.3, 0.4) is 0 Å². The number of carbonyl (C=O) groups excluding carboxylic acids is 2. The van der Waals surface area contributed by atoms with Gasteiger partial charge in [0.05, 0.1) is 32.3 Å². The minimum atomic E-state index is -2.75. The molecule has 0 fully saturated rings. The Kier molecular flexibility index (Phi) is 9.12. The van der Waals surface area contributed by atoms with Crippen molar-refractivity contribution < 1.29 is 23.1 Å². The van der Waals surface area contributed by atoms with Crippen molar-refractivity contribution in [3.63, 3.8) is 0 Å². The number of ether oxygens (including phenoxy) is 1. The molecule has 2 amide bonds. The number of carbonyl (C=O) groups is 2. The number of rotatable bonds is 9. The number of nitrogens with one attached hydrogen (secondary N) is 3. The van der Waals surface area contributed by atoms with Crippen LogP contribution in [0.25, 0.3) is 11.0 Å². The first-order chi connectivity index (χ1) is 19.7. The lowest BCUT2D eigenvalue weighted by atomic mass is 9.95. The van der Waals surface area contributed by atoms with Gasteiger partial charge in [-0.1, -0.05) is 56.1 Å². The molecule has 0 aliphatic heterocycles. The lowest BCUT2D eigenvalue weighted by Gasteiger charge is -2.19. The molecule has 1 aromatic heterocycles. The van der Waals surface area contributed by atoms with Crippen LogP contribution in [0, 0.1) is 5.41 Å². The Morgan fingerprint density at radius 3 is 2.52 bits per heavy atom. The number of benzene rings is 3. The van der Waals surface area contributed by atoms with Crippen molar-refractivity contribution in [1.29, 1.82) is 0 Å². The molecule has 4 rings (SSSR count). The van der Waals surface area contributed by atoms with E-state index in [1.807, 2.05) is 0 Å². The second kappa shape index (κ2) is 12.4. The summed E-state index contributed by atoms with van der Waals surface area (Å²) in [7, 11) is 1.69. The molecule has 0 saturated carbocycles. The summed E-state index contributed by atoms with van der Waals surface area (Å²) in [6.45, 7) is 4.69. The van der Waals surface area contributed by atoms with E-state index in [0.29, 0.717) is 44.6 Å². The molecule has 222 valence electrons. The third kappa shape index (κ3) is 7.03. The van der Waals surface area contributed by atoms with E-state index < -0.39 is 24.4 Å². The number of aromatic nitrogens is 2. The van der Waals surface area contributed by atoms with Crippen molar-refractivity contribution in [2.45, 2.75) is 33.7 Å². The van der Waals surface area contributed by atoms with Crippen LogP contribution < -0.4 is 26.4 Å². The van der Waals surface area contributed by atoms with Gasteiger partial charge < -0.3 is 31.0 Å². The molecule has 0 spiro atoms. The zero-order valence-electron chi connectivity index (χ0n) is 23.3. The van der Waals surface area contributed by atoms with Crippen molar-refractivity contribution >= 4 is 69.1 Å². The molecule has 1 heterocycles. The van der Waals surface area contributed by atoms with Gasteiger partial charge in [0.15, 0.2) is 0 Å². The maximum Gasteiger partial charge on any atom is 0.272 e. The highest BCUT2D eigenvalue weighted by molar-refractivity contribution is 6.39. The molecule has 0 atom stereocenters. The third-order valence-electron chi connectivity index (χ3n) is 6.26. The summed E-state index contributed by atoms with van der Waals surface area (Å²) in [4.78, 5) is 30.1. The van der Waals surface area contributed by atoms with Gasteiger partial charge in [-0.2, -0.15) is 0 Å². The van der Waals surface area contributed by atoms with Gasteiger partial charge in [-0.25, -0.2) is 13.8 Å². The molecule has 0 aliphatic rings. The van der Waals surface area contributed by atoms with Crippen LogP contribution in [-0.2, 0) is 18.4 Å². The molecule has 0 unspecified atom stereocenters. The topological polar surface area (TPSA) is 123 Å². The molecule has 5 N–H and O–H groups in total. The number of hydrogen-bond acceptors (Lipinski definition) is 6. The van der Waals surface area contributed by atoms with E-state index in [-0.39, 0.29) is 28.8 Å². The number of halogens is 4. The first-order valence-electron chi connectivity index (χ1n) is 12.8. The summed E-state index contributed by atoms with van der Waals surface area (Å²) in [6, 6.07) is 12.8. The summed E-state index contributed by atoms with van der Waals surface area (Å²) in [5, 5.41) is 9.27. The summed E-state index contributed by atoms with van der Waals surface area (Å²) in [5.74, 6) is -0.480. The van der Waals surface area contributed by atoms with E-state index >= 15 is 0 Å². The summed E-state index contributed by atoms with van der Waals surface area (Å²) in [6.07, 6.45) is -2.75. The minimum absolute atomic E-state index is 0.00266. The minimum Gasteiger partial charge on any atom is -0.487 e. The number of nitrogens with two attached hydrogens (primary N) is 1. The SMILES string of the molecule is Cn1c(Nc2c(Cl)ccc(CNC(=O)C(C)(C)C)c2Cl)nc2cc(C(=O)Nc3cccc(N)c3)c(OCC(F)F)cc21. The molecular weight excluding hydrogens is 589 g/mol. The summed E-state index contributed by atoms with van der Waals surface area (Å²) < 4.78 is 33.0. The molecular formula is C29H30Cl2F2N6O3. The van der Waals surface area contributed by atoms with Gasteiger partial charge >= 0.3 is 0 Å². The smallest absolute Gasteiger partial charge is 0.272 e. The normalized spacial score (nSPS) is 11.5. The van der Waals surface area contributed by atoms with Crippen LogP contribution in [0.4, 0.5) is 31.8 Å². The molecule has 4 aromatic rings. The molecule has 0 radical (unpaired) electrons. The summed E-state index contributed by atoms with van der Waals surface area (Å²) >= 11 is 13.1. The molecule has 0 aliphatic carbocycles. The Bertz CT molecular complexity index is 1650. The fourth-order valence-electron chi connectivity index (χ4n) is 3.99. The van der Waals surface area contributed by atoms with Crippen molar-refractivity contribution in [1.82, 2.24) is 14.9 Å². The predicted octanol–water partition coefficient (Wildman–Crippen LogP) is 6.76. The number of anilines is 4. The van der Waals surface area contributed by atoms with Gasteiger partial charge in [-0.3, -0.25) is 9.59 Å². The van der Waals surface area contributed by atoms with E-state index in [1.165, 1.54) is 12.1 Å². The Labute approximate surface area is 251 Å². The number of imidazole rings is 1. The van der Waals surface area contributed by atoms with E-state index in [0.717, 1.165) is 0 Å². The van der Waals surface area contributed by atoms with Crippen LogP contribution in [0.2, 0.25) is 10.0 Å². The first kappa shape index (κ1) is 30.9. The van der Waals surface area contributed by atoms with E-state index in [1.54, 1.807) is 68.8 Å².